The number of likely N-dealkylation sites (tertiary alicyclic amines) is 1. The molecule has 112 valence electrons. The minimum absolute atomic E-state index is 0.119. The van der Waals surface area contributed by atoms with Crippen molar-refractivity contribution in [3.05, 3.63) is 34.6 Å². The molecule has 2 nitrogen and oxygen atoms in total. The number of hydrogen-bond donors (Lipinski definition) is 1. The Kier molecular flexibility index (Phi) is 5.82. The molecule has 1 aliphatic rings. The van der Waals surface area contributed by atoms with Crippen molar-refractivity contribution in [1.82, 2.24) is 4.90 Å². The highest BCUT2D eigenvalue weighted by Crippen LogP contribution is 2.33. The Morgan fingerprint density at radius 2 is 2.20 bits per heavy atom. The zero-order valence-electron chi connectivity index (χ0n) is 12.1. The van der Waals surface area contributed by atoms with Gasteiger partial charge in [0.05, 0.1) is 6.04 Å². The zero-order chi connectivity index (χ0) is 14.5. The molecule has 2 atom stereocenters. The van der Waals surface area contributed by atoms with Crippen LogP contribution in [0.4, 0.5) is 4.39 Å². The molecule has 0 bridgehead atoms. The summed E-state index contributed by atoms with van der Waals surface area (Å²) in [5.74, 6) is -0.243. The van der Waals surface area contributed by atoms with E-state index in [9.17, 15) is 4.39 Å². The Labute approximate surface area is 126 Å². The molecule has 20 heavy (non-hydrogen) atoms. The van der Waals surface area contributed by atoms with Gasteiger partial charge in [-0.15, -0.1) is 0 Å². The second-order valence-electron chi connectivity index (χ2n) is 5.54. The van der Waals surface area contributed by atoms with Gasteiger partial charge in [0, 0.05) is 23.2 Å². The Bertz CT molecular complexity index is 418. The maximum atomic E-state index is 14.2. The minimum atomic E-state index is -0.243. The van der Waals surface area contributed by atoms with E-state index in [2.05, 4.69) is 11.8 Å². The van der Waals surface area contributed by atoms with E-state index in [1.54, 1.807) is 12.1 Å². The highest BCUT2D eigenvalue weighted by atomic mass is 35.5. The summed E-state index contributed by atoms with van der Waals surface area (Å²) < 4.78 is 14.2. The molecule has 1 saturated heterocycles. The third kappa shape index (κ3) is 3.33. The minimum Gasteiger partial charge on any atom is -0.329 e. The molecule has 4 heteroatoms. The van der Waals surface area contributed by atoms with Gasteiger partial charge in [0.2, 0.25) is 0 Å². The van der Waals surface area contributed by atoms with Crippen LogP contribution in [-0.2, 0) is 0 Å². The largest absolute Gasteiger partial charge is 0.329 e. The third-order valence-corrected chi connectivity index (χ3v) is 4.68. The fraction of sp³-hybridized carbons (Fsp3) is 0.625. The van der Waals surface area contributed by atoms with E-state index in [4.69, 9.17) is 17.3 Å². The summed E-state index contributed by atoms with van der Waals surface area (Å²) >= 11 is 6.23. The first-order valence-corrected chi connectivity index (χ1v) is 7.96. The Hall–Kier alpha value is -0.640. The summed E-state index contributed by atoms with van der Waals surface area (Å²) in [5.41, 5.74) is 6.54. The van der Waals surface area contributed by atoms with Gasteiger partial charge in [0.25, 0.3) is 0 Å². The van der Waals surface area contributed by atoms with Crippen LogP contribution in [0.1, 0.15) is 50.6 Å². The van der Waals surface area contributed by atoms with Crippen molar-refractivity contribution >= 4 is 11.6 Å². The van der Waals surface area contributed by atoms with Gasteiger partial charge < -0.3 is 5.73 Å². The van der Waals surface area contributed by atoms with Gasteiger partial charge in [0.1, 0.15) is 5.82 Å². The van der Waals surface area contributed by atoms with Crippen molar-refractivity contribution in [2.24, 2.45) is 5.73 Å². The molecule has 2 unspecified atom stereocenters. The molecule has 0 aromatic heterocycles. The lowest BCUT2D eigenvalue weighted by Crippen LogP contribution is -2.41. The van der Waals surface area contributed by atoms with Crippen LogP contribution >= 0.6 is 11.6 Å². The average Bonchev–Trinajstić information content (AvgIpc) is 2.68. The summed E-state index contributed by atoms with van der Waals surface area (Å²) in [5, 5.41) is 0.486. The first-order chi connectivity index (χ1) is 9.69. The molecular weight excluding hydrogens is 275 g/mol. The van der Waals surface area contributed by atoms with Crippen molar-refractivity contribution in [3.8, 4) is 0 Å². The molecule has 0 radical (unpaired) electrons. The van der Waals surface area contributed by atoms with Gasteiger partial charge in [-0.2, -0.15) is 0 Å². The maximum Gasteiger partial charge on any atom is 0.129 e. The van der Waals surface area contributed by atoms with Crippen LogP contribution in [0.2, 0.25) is 5.02 Å². The topological polar surface area (TPSA) is 29.3 Å². The van der Waals surface area contributed by atoms with E-state index in [-0.39, 0.29) is 11.9 Å². The van der Waals surface area contributed by atoms with E-state index >= 15 is 0 Å². The number of nitrogens with two attached hydrogens (primary N) is 1. The van der Waals surface area contributed by atoms with Gasteiger partial charge in [-0.3, -0.25) is 4.90 Å². The lowest BCUT2D eigenvalue weighted by atomic mass is 10.00. The first-order valence-electron chi connectivity index (χ1n) is 7.58. The van der Waals surface area contributed by atoms with E-state index in [0.29, 0.717) is 23.2 Å². The quantitative estimate of drug-likeness (QED) is 0.905. The number of rotatable bonds is 4. The van der Waals surface area contributed by atoms with E-state index < -0.39 is 0 Å². The molecular formula is C16H24ClFN2. The fourth-order valence-corrected chi connectivity index (χ4v) is 3.59. The second kappa shape index (κ2) is 7.39. The molecule has 0 amide bonds. The van der Waals surface area contributed by atoms with E-state index in [1.165, 1.54) is 25.3 Å². The highest BCUT2D eigenvalue weighted by Gasteiger charge is 2.29. The zero-order valence-corrected chi connectivity index (χ0v) is 12.9. The SMILES string of the molecule is CCC1CCCCCN1C(CN)c1c(F)cccc1Cl. The summed E-state index contributed by atoms with van der Waals surface area (Å²) in [6.45, 7) is 3.57. The predicted molar refractivity (Wildman–Crippen MR) is 82.5 cm³/mol. The van der Waals surface area contributed by atoms with Crippen molar-refractivity contribution < 1.29 is 4.39 Å². The Morgan fingerprint density at radius 3 is 2.85 bits per heavy atom. The van der Waals surface area contributed by atoms with E-state index in [0.717, 1.165) is 19.4 Å². The first kappa shape index (κ1) is 15.7. The monoisotopic (exact) mass is 298 g/mol. The van der Waals surface area contributed by atoms with Crippen LogP contribution in [0, 0.1) is 5.82 Å². The van der Waals surface area contributed by atoms with Crippen molar-refractivity contribution in [2.75, 3.05) is 13.1 Å². The number of hydrogen-bond acceptors (Lipinski definition) is 2. The van der Waals surface area contributed by atoms with Gasteiger partial charge in [-0.1, -0.05) is 37.4 Å². The third-order valence-electron chi connectivity index (χ3n) is 4.35. The average molecular weight is 299 g/mol. The molecule has 0 saturated carbocycles. The van der Waals surface area contributed by atoms with Gasteiger partial charge >= 0.3 is 0 Å². The summed E-state index contributed by atoms with van der Waals surface area (Å²) in [6.07, 6.45) is 5.88. The van der Waals surface area contributed by atoms with Gasteiger partial charge in [-0.25, -0.2) is 4.39 Å². The van der Waals surface area contributed by atoms with Crippen LogP contribution in [0.3, 0.4) is 0 Å². The standard InChI is InChI=1S/C16H24ClFN2/c1-2-12-7-4-3-5-10-20(12)15(11-19)16-13(17)8-6-9-14(16)18/h6,8-9,12,15H,2-5,7,10-11,19H2,1H3. The molecule has 1 heterocycles. The summed E-state index contributed by atoms with van der Waals surface area (Å²) in [6, 6.07) is 5.23. The van der Waals surface area contributed by atoms with Crippen LogP contribution in [0.25, 0.3) is 0 Å². The van der Waals surface area contributed by atoms with Crippen molar-refractivity contribution in [2.45, 2.75) is 51.1 Å². The van der Waals surface area contributed by atoms with Crippen molar-refractivity contribution in [3.63, 3.8) is 0 Å². The second-order valence-corrected chi connectivity index (χ2v) is 5.94. The van der Waals surface area contributed by atoms with Crippen LogP contribution < -0.4 is 5.73 Å². The molecule has 0 aliphatic carbocycles. The summed E-state index contributed by atoms with van der Waals surface area (Å²) in [7, 11) is 0. The Balaban J connectivity index is 2.34. The number of nitrogens with zero attached hydrogens (tertiary/aromatic N) is 1. The molecule has 1 aromatic carbocycles. The Morgan fingerprint density at radius 1 is 1.40 bits per heavy atom. The number of benzene rings is 1. The molecule has 1 aliphatic heterocycles. The van der Waals surface area contributed by atoms with E-state index in [1.807, 2.05) is 0 Å². The summed E-state index contributed by atoms with van der Waals surface area (Å²) in [4.78, 5) is 2.37. The smallest absolute Gasteiger partial charge is 0.129 e. The highest BCUT2D eigenvalue weighted by molar-refractivity contribution is 6.31. The van der Waals surface area contributed by atoms with Crippen LogP contribution in [0.15, 0.2) is 18.2 Å². The van der Waals surface area contributed by atoms with Gasteiger partial charge in [-0.05, 0) is 37.9 Å². The fourth-order valence-electron chi connectivity index (χ4n) is 3.30. The lowest BCUT2D eigenvalue weighted by Gasteiger charge is -2.37. The molecule has 1 fully saturated rings. The van der Waals surface area contributed by atoms with Gasteiger partial charge in [0.15, 0.2) is 0 Å². The maximum absolute atomic E-state index is 14.2. The lowest BCUT2D eigenvalue weighted by molar-refractivity contribution is 0.133. The van der Waals surface area contributed by atoms with Crippen molar-refractivity contribution in [1.29, 1.82) is 0 Å². The normalized spacial score (nSPS) is 22.5. The van der Waals surface area contributed by atoms with Crippen LogP contribution in [-0.4, -0.2) is 24.0 Å². The number of halogens is 2. The predicted octanol–water partition coefficient (Wildman–Crippen LogP) is 4.13. The molecule has 0 spiro atoms. The molecule has 2 rings (SSSR count). The van der Waals surface area contributed by atoms with Crippen LogP contribution in [0.5, 0.6) is 0 Å². The molecule has 2 N–H and O–H groups in total. The molecule has 1 aromatic rings.